The largest absolute Gasteiger partial charge is 0.247 e. The van der Waals surface area contributed by atoms with E-state index in [2.05, 4.69) is 291 Å². The Hall–Kier alpha value is -10.7. The molecule has 4 aromatic heterocycles. The van der Waals surface area contributed by atoms with Gasteiger partial charge in [0.15, 0.2) is 0 Å². The zero-order valence-corrected chi connectivity index (χ0v) is 44.0. The smallest absolute Gasteiger partial charge is 0.0787 e. The Balaban J connectivity index is 0.888. The molecule has 0 radical (unpaired) electrons. The Morgan fingerprint density at radius 2 is 0.370 bits per heavy atom. The van der Waals surface area contributed by atoms with E-state index in [9.17, 15) is 0 Å². The third-order valence-corrected chi connectivity index (χ3v) is 16.8. The fraction of sp³-hybridized carbons (Fsp3) is 0.0130. The summed E-state index contributed by atoms with van der Waals surface area (Å²) in [6.07, 6.45) is 0. The molecule has 0 fully saturated rings. The summed E-state index contributed by atoms with van der Waals surface area (Å²) >= 11 is 0. The lowest BCUT2D eigenvalue weighted by molar-refractivity contribution is 0.745. The van der Waals surface area contributed by atoms with Crippen molar-refractivity contribution >= 4 is 86.7 Å². The van der Waals surface area contributed by atoms with Crippen LogP contribution in [0.1, 0.15) is 22.3 Å². The molecule has 0 spiro atoms. The van der Waals surface area contributed by atoms with Crippen LogP contribution in [0.15, 0.2) is 291 Å². The molecule has 0 N–H and O–H groups in total. The monoisotopic (exact) mass is 1030 g/mol. The maximum absolute atomic E-state index is 5.34. The van der Waals surface area contributed by atoms with Crippen LogP contribution in [0.25, 0.3) is 132 Å². The van der Waals surface area contributed by atoms with Gasteiger partial charge in [0.25, 0.3) is 0 Å². The SMILES string of the molecule is c1ccc2c(c1)ccc1ccc(-c3ccc(C(c4ccc(-c5ccc6ccc7ccccc7c6n5)cc4)(c4ccc(-c5ccc6ccc7ccccc7c6n5)cc4)c4ccc(-c5ccc6ccc7ccccc7c6n5)cc4)cc3)nc12. The molecule has 16 aromatic rings. The first kappa shape index (κ1) is 46.4. The molecule has 0 amide bonds. The molecule has 0 saturated heterocycles. The summed E-state index contributed by atoms with van der Waals surface area (Å²) in [5.74, 6) is 0. The van der Waals surface area contributed by atoms with Crippen molar-refractivity contribution in [2.45, 2.75) is 5.41 Å². The average molecular weight is 1030 g/mol. The average Bonchev–Trinajstić information content (AvgIpc) is 3.73. The van der Waals surface area contributed by atoms with Gasteiger partial charge in [0.1, 0.15) is 0 Å². The molecule has 0 aliphatic carbocycles. The Labute approximate surface area is 468 Å². The van der Waals surface area contributed by atoms with Gasteiger partial charge < -0.3 is 0 Å². The van der Waals surface area contributed by atoms with Crippen LogP contribution in [-0.2, 0) is 5.41 Å². The van der Waals surface area contributed by atoms with Crippen molar-refractivity contribution in [1.29, 1.82) is 0 Å². The molecule has 4 nitrogen and oxygen atoms in total. The molecule has 0 saturated carbocycles. The normalized spacial score (nSPS) is 12.0. The highest BCUT2D eigenvalue weighted by atomic mass is 14.7. The fourth-order valence-electron chi connectivity index (χ4n) is 12.6. The quantitative estimate of drug-likeness (QED) is 0.112. The summed E-state index contributed by atoms with van der Waals surface area (Å²) in [6.45, 7) is 0. The highest BCUT2D eigenvalue weighted by Gasteiger charge is 2.39. The Bertz CT molecular complexity index is 4490. The van der Waals surface area contributed by atoms with Gasteiger partial charge in [-0.3, -0.25) is 0 Å². The van der Waals surface area contributed by atoms with Crippen LogP contribution in [-0.4, -0.2) is 19.9 Å². The van der Waals surface area contributed by atoms with Crippen LogP contribution in [0.2, 0.25) is 0 Å². The van der Waals surface area contributed by atoms with Crippen LogP contribution in [0.4, 0.5) is 0 Å². The van der Waals surface area contributed by atoms with Crippen molar-refractivity contribution in [3.05, 3.63) is 313 Å². The lowest BCUT2D eigenvalue weighted by Gasteiger charge is -2.37. The van der Waals surface area contributed by atoms with Crippen molar-refractivity contribution in [2.75, 3.05) is 0 Å². The summed E-state index contributed by atoms with van der Waals surface area (Å²) in [7, 11) is 0. The molecule has 0 aliphatic heterocycles. The second-order valence-electron chi connectivity index (χ2n) is 21.3. The van der Waals surface area contributed by atoms with Crippen LogP contribution in [0, 0.1) is 0 Å². The highest BCUT2D eigenvalue weighted by molar-refractivity contribution is 6.09. The van der Waals surface area contributed by atoms with Crippen LogP contribution in [0.3, 0.4) is 0 Å². The topological polar surface area (TPSA) is 51.6 Å². The zero-order chi connectivity index (χ0) is 53.4. The van der Waals surface area contributed by atoms with Crippen LogP contribution >= 0.6 is 0 Å². The maximum atomic E-state index is 5.34. The molecule has 0 bridgehead atoms. The van der Waals surface area contributed by atoms with Gasteiger partial charge >= 0.3 is 0 Å². The summed E-state index contributed by atoms with van der Waals surface area (Å²) < 4.78 is 0. The number of benzene rings is 12. The summed E-state index contributed by atoms with van der Waals surface area (Å²) in [6, 6.07) is 105. The van der Waals surface area contributed by atoms with E-state index < -0.39 is 5.41 Å². The predicted octanol–water partition coefficient (Wildman–Crippen LogP) is 19.5. The molecule has 16 rings (SSSR count). The molecule has 4 heterocycles. The minimum Gasteiger partial charge on any atom is -0.247 e. The van der Waals surface area contributed by atoms with Gasteiger partial charge in [-0.05, 0) is 68.1 Å². The number of rotatable bonds is 8. The first-order chi connectivity index (χ1) is 40.1. The standard InChI is InChI=1S/C77H48N4/c1-5-13-65-49(9-1)17-21-57-33-45-69(78-73(57)65)53-25-37-61(38-26-53)77(62-39-27-54(28-40-62)70-46-34-58-22-18-50-10-2-6-14-66(50)74(58)79-70,63-41-29-55(30-42-63)71-47-35-59-23-19-51-11-3-7-15-67(51)75(59)80-71)64-43-31-56(32-44-64)72-48-36-60-24-20-52-12-4-8-16-68(52)76(60)81-72/h1-48H. The number of pyridine rings is 4. The van der Waals surface area contributed by atoms with Gasteiger partial charge in [0, 0.05) is 65.3 Å². The molecule has 4 heteroatoms. The molecule has 0 atom stereocenters. The summed E-state index contributed by atoms with van der Waals surface area (Å²) in [5, 5.41) is 13.8. The zero-order valence-electron chi connectivity index (χ0n) is 44.0. The van der Waals surface area contributed by atoms with E-state index in [1.54, 1.807) is 0 Å². The van der Waals surface area contributed by atoms with Gasteiger partial charge in [-0.1, -0.05) is 267 Å². The number of hydrogen-bond acceptors (Lipinski definition) is 4. The molecular weight excluding hydrogens is 981 g/mol. The lowest BCUT2D eigenvalue weighted by Crippen LogP contribution is -2.31. The fourth-order valence-corrected chi connectivity index (χ4v) is 12.6. The van der Waals surface area contributed by atoms with E-state index in [1.807, 2.05) is 0 Å². The second kappa shape index (κ2) is 18.8. The van der Waals surface area contributed by atoms with Gasteiger partial charge in [-0.2, -0.15) is 0 Å². The van der Waals surface area contributed by atoms with Gasteiger partial charge in [0.2, 0.25) is 0 Å². The molecular formula is C77H48N4. The van der Waals surface area contributed by atoms with E-state index >= 15 is 0 Å². The highest BCUT2D eigenvalue weighted by Crippen LogP contribution is 2.47. The van der Waals surface area contributed by atoms with Crippen molar-refractivity contribution in [3.63, 3.8) is 0 Å². The van der Waals surface area contributed by atoms with Crippen molar-refractivity contribution in [2.24, 2.45) is 0 Å². The minimum absolute atomic E-state index is 0.811. The third-order valence-electron chi connectivity index (χ3n) is 16.8. The Kier molecular flexibility index (Phi) is 10.8. The van der Waals surface area contributed by atoms with Crippen molar-refractivity contribution in [3.8, 4) is 45.0 Å². The Morgan fingerprint density at radius 3 is 0.605 bits per heavy atom. The van der Waals surface area contributed by atoms with E-state index in [0.717, 1.165) is 132 Å². The molecule has 376 valence electrons. The minimum atomic E-state index is -0.811. The molecule has 0 unspecified atom stereocenters. The predicted molar refractivity (Wildman–Crippen MR) is 338 cm³/mol. The van der Waals surface area contributed by atoms with E-state index in [1.165, 1.54) is 21.5 Å². The van der Waals surface area contributed by atoms with E-state index in [-0.39, 0.29) is 0 Å². The Morgan fingerprint density at radius 1 is 0.173 bits per heavy atom. The number of nitrogens with zero attached hydrogens (tertiary/aromatic N) is 4. The van der Waals surface area contributed by atoms with Crippen LogP contribution < -0.4 is 0 Å². The van der Waals surface area contributed by atoms with E-state index in [0.29, 0.717) is 0 Å². The van der Waals surface area contributed by atoms with Gasteiger partial charge in [-0.15, -0.1) is 0 Å². The number of fused-ring (bicyclic) bond motifs is 12. The summed E-state index contributed by atoms with van der Waals surface area (Å²) in [4.78, 5) is 21.4. The number of aromatic nitrogens is 4. The number of hydrogen-bond donors (Lipinski definition) is 0. The molecule has 81 heavy (non-hydrogen) atoms. The lowest BCUT2D eigenvalue weighted by atomic mass is 9.64. The first-order valence-electron chi connectivity index (χ1n) is 27.7. The van der Waals surface area contributed by atoms with Crippen LogP contribution in [0.5, 0.6) is 0 Å². The van der Waals surface area contributed by atoms with Crippen molar-refractivity contribution in [1.82, 2.24) is 19.9 Å². The van der Waals surface area contributed by atoms with Gasteiger partial charge in [0.05, 0.1) is 50.3 Å². The van der Waals surface area contributed by atoms with Gasteiger partial charge in [-0.25, -0.2) is 19.9 Å². The van der Waals surface area contributed by atoms with E-state index in [4.69, 9.17) is 19.9 Å². The third kappa shape index (κ3) is 7.75. The maximum Gasteiger partial charge on any atom is 0.0787 e. The first-order valence-corrected chi connectivity index (χ1v) is 27.7. The molecule has 12 aromatic carbocycles. The second-order valence-corrected chi connectivity index (χ2v) is 21.3. The summed E-state index contributed by atoms with van der Waals surface area (Å²) in [5.41, 5.74) is 15.5. The van der Waals surface area contributed by atoms with Crippen molar-refractivity contribution < 1.29 is 0 Å². The molecule has 0 aliphatic rings.